The van der Waals surface area contributed by atoms with Crippen LogP contribution in [-0.4, -0.2) is 14.8 Å². The number of rotatable bonds is 4. The van der Waals surface area contributed by atoms with E-state index in [1.165, 1.54) is 0 Å². The number of nitrogens with zero attached hydrogens (tertiary/aromatic N) is 3. The van der Waals surface area contributed by atoms with Crippen molar-refractivity contribution in [3.05, 3.63) is 47.0 Å². The van der Waals surface area contributed by atoms with Gasteiger partial charge >= 0.3 is 0 Å². The minimum absolute atomic E-state index is 0.149. The molecule has 0 radical (unpaired) electrons. The molecule has 2 rings (SSSR count). The summed E-state index contributed by atoms with van der Waals surface area (Å²) in [5.74, 6) is 0. The Morgan fingerprint density at radius 1 is 1.33 bits per heavy atom. The van der Waals surface area contributed by atoms with E-state index < -0.39 is 0 Å². The van der Waals surface area contributed by atoms with Crippen LogP contribution >= 0.6 is 0 Å². The van der Waals surface area contributed by atoms with Crippen molar-refractivity contribution >= 4 is 0 Å². The molecule has 0 bridgehead atoms. The molecule has 2 N–H and O–H groups in total. The molecule has 0 aliphatic heterocycles. The predicted molar refractivity (Wildman–Crippen MR) is 72.3 cm³/mol. The average Bonchev–Trinajstić information content (AvgIpc) is 2.77. The molecular weight excluding hydrogens is 224 g/mol. The molecule has 2 aromatic heterocycles. The molecule has 1 unspecified atom stereocenters. The van der Waals surface area contributed by atoms with E-state index in [4.69, 9.17) is 5.73 Å². The van der Waals surface area contributed by atoms with E-state index in [2.05, 4.69) is 23.1 Å². The maximum Gasteiger partial charge on any atom is 0.0600 e. The molecule has 0 fully saturated rings. The van der Waals surface area contributed by atoms with E-state index in [0.717, 1.165) is 35.5 Å². The second kappa shape index (κ2) is 5.31. The maximum atomic E-state index is 6.28. The van der Waals surface area contributed by atoms with Crippen LogP contribution in [0.3, 0.4) is 0 Å². The third kappa shape index (κ3) is 2.59. The quantitative estimate of drug-likeness (QED) is 0.898. The topological polar surface area (TPSA) is 56.7 Å². The van der Waals surface area contributed by atoms with Crippen molar-refractivity contribution in [1.82, 2.24) is 14.8 Å². The first-order chi connectivity index (χ1) is 8.61. The van der Waals surface area contributed by atoms with E-state index in [1.54, 1.807) is 0 Å². The molecule has 4 nitrogen and oxygen atoms in total. The maximum absolute atomic E-state index is 6.28. The Kier molecular flexibility index (Phi) is 3.77. The molecule has 0 spiro atoms. The summed E-state index contributed by atoms with van der Waals surface area (Å²) in [6.07, 6.45) is 4.94. The summed E-state index contributed by atoms with van der Waals surface area (Å²) in [6.45, 7) is 7.05. The average molecular weight is 244 g/mol. The Morgan fingerprint density at radius 3 is 2.78 bits per heavy atom. The van der Waals surface area contributed by atoms with Crippen LogP contribution in [0, 0.1) is 13.8 Å². The highest BCUT2D eigenvalue weighted by Crippen LogP contribution is 2.21. The lowest BCUT2D eigenvalue weighted by Crippen LogP contribution is -2.13. The van der Waals surface area contributed by atoms with Crippen molar-refractivity contribution < 1.29 is 0 Å². The number of aromatic nitrogens is 3. The van der Waals surface area contributed by atoms with Crippen LogP contribution in [0.1, 0.15) is 41.9 Å². The molecule has 2 aromatic rings. The van der Waals surface area contributed by atoms with Gasteiger partial charge in [-0.15, -0.1) is 0 Å². The van der Waals surface area contributed by atoms with Crippen molar-refractivity contribution in [3.63, 3.8) is 0 Å². The predicted octanol–water partition coefficient (Wildman–Crippen LogP) is 2.35. The molecule has 0 amide bonds. The fourth-order valence-corrected chi connectivity index (χ4v) is 2.10. The number of hydrogen-bond acceptors (Lipinski definition) is 3. The van der Waals surface area contributed by atoms with Crippen LogP contribution in [0.15, 0.2) is 24.5 Å². The second-order valence-electron chi connectivity index (χ2n) is 4.64. The van der Waals surface area contributed by atoms with Crippen molar-refractivity contribution in [3.8, 4) is 0 Å². The van der Waals surface area contributed by atoms with Gasteiger partial charge in [-0.2, -0.15) is 5.10 Å². The summed E-state index contributed by atoms with van der Waals surface area (Å²) in [5.41, 5.74) is 10.4. The van der Waals surface area contributed by atoms with E-state index in [-0.39, 0.29) is 6.04 Å². The van der Waals surface area contributed by atoms with Gasteiger partial charge in [-0.25, -0.2) is 0 Å². The lowest BCUT2D eigenvalue weighted by molar-refractivity contribution is 0.602. The minimum atomic E-state index is -0.149. The third-order valence-corrected chi connectivity index (χ3v) is 3.07. The van der Waals surface area contributed by atoms with Crippen LogP contribution < -0.4 is 5.73 Å². The van der Waals surface area contributed by atoms with Gasteiger partial charge in [0.05, 0.1) is 12.2 Å². The first-order valence-corrected chi connectivity index (χ1v) is 6.34. The highest BCUT2D eigenvalue weighted by Gasteiger charge is 2.14. The highest BCUT2D eigenvalue weighted by atomic mass is 15.3. The van der Waals surface area contributed by atoms with Gasteiger partial charge in [-0.05, 0) is 31.9 Å². The van der Waals surface area contributed by atoms with Crippen LogP contribution in [0.4, 0.5) is 0 Å². The summed E-state index contributed by atoms with van der Waals surface area (Å²) in [4.78, 5) is 4.46. The van der Waals surface area contributed by atoms with Crippen LogP contribution in [0.5, 0.6) is 0 Å². The molecule has 0 aliphatic rings. The lowest BCUT2D eigenvalue weighted by atomic mass is 10.0. The van der Waals surface area contributed by atoms with Gasteiger partial charge in [0.2, 0.25) is 0 Å². The number of hydrogen-bond donors (Lipinski definition) is 1. The van der Waals surface area contributed by atoms with Crippen LogP contribution in [0.2, 0.25) is 0 Å². The zero-order valence-corrected chi connectivity index (χ0v) is 11.2. The van der Waals surface area contributed by atoms with Crippen LogP contribution in [0.25, 0.3) is 0 Å². The highest BCUT2D eigenvalue weighted by molar-refractivity contribution is 5.32. The Balaban J connectivity index is 2.26. The van der Waals surface area contributed by atoms with E-state index in [1.807, 2.05) is 37.0 Å². The van der Waals surface area contributed by atoms with Gasteiger partial charge in [-0.1, -0.05) is 13.0 Å². The first kappa shape index (κ1) is 12.8. The minimum Gasteiger partial charge on any atom is -0.320 e. The van der Waals surface area contributed by atoms with E-state index in [0.29, 0.717) is 0 Å². The second-order valence-corrected chi connectivity index (χ2v) is 4.64. The Labute approximate surface area is 108 Å². The molecule has 96 valence electrons. The van der Waals surface area contributed by atoms with Crippen molar-refractivity contribution in [1.29, 1.82) is 0 Å². The van der Waals surface area contributed by atoms with Crippen molar-refractivity contribution in [2.24, 2.45) is 5.73 Å². The molecule has 1 atom stereocenters. The molecule has 2 heterocycles. The smallest absolute Gasteiger partial charge is 0.0600 e. The van der Waals surface area contributed by atoms with Gasteiger partial charge in [0, 0.05) is 29.7 Å². The normalized spacial score (nSPS) is 12.7. The fraction of sp³-hybridized carbons (Fsp3) is 0.429. The summed E-state index contributed by atoms with van der Waals surface area (Å²) in [5, 5.41) is 4.32. The number of nitrogens with two attached hydrogens (primary N) is 1. The number of pyridine rings is 1. The first-order valence-electron chi connectivity index (χ1n) is 6.34. The molecule has 0 aliphatic carbocycles. The summed E-state index contributed by atoms with van der Waals surface area (Å²) in [7, 11) is 0. The van der Waals surface area contributed by atoms with Gasteiger partial charge in [0.25, 0.3) is 0 Å². The summed E-state index contributed by atoms with van der Waals surface area (Å²) in [6, 6.07) is 3.90. The molecular formula is C14H20N4. The van der Waals surface area contributed by atoms with E-state index in [9.17, 15) is 0 Å². The monoisotopic (exact) mass is 244 g/mol. The fourth-order valence-electron chi connectivity index (χ4n) is 2.10. The Morgan fingerprint density at radius 2 is 2.11 bits per heavy atom. The van der Waals surface area contributed by atoms with Gasteiger partial charge in [0.1, 0.15) is 0 Å². The van der Waals surface area contributed by atoms with Crippen molar-refractivity contribution in [2.45, 2.75) is 39.8 Å². The lowest BCUT2D eigenvalue weighted by Gasteiger charge is -2.12. The van der Waals surface area contributed by atoms with Crippen LogP contribution in [-0.2, 0) is 6.54 Å². The zero-order valence-electron chi connectivity index (χ0n) is 11.2. The molecule has 4 heteroatoms. The van der Waals surface area contributed by atoms with Gasteiger partial charge in [0.15, 0.2) is 0 Å². The third-order valence-electron chi connectivity index (χ3n) is 3.07. The standard InChI is InChI=1S/C14H20N4/c1-4-7-18-9-12(8-16-18)14(15)13-6-5-10(2)17-11(13)3/h5-6,8-9,14H,4,7,15H2,1-3H3. The Bertz CT molecular complexity index is 530. The van der Waals surface area contributed by atoms with Gasteiger partial charge in [-0.3, -0.25) is 9.67 Å². The SMILES string of the molecule is CCCn1cc(C(N)c2ccc(C)nc2C)cn1. The molecule has 0 saturated heterocycles. The van der Waals surface area contributed by atoms with Crippen molar-refractivity contribution in [2.75, 3.05) is 0 Å². The molecule has 0 aromatic carbocycles. The Hall–Kier alpha value is -1.68. The molecule has 18 heavy (non-hydrogen) atoms. The summed E-state index contributed by atoms with van der Waals surface area (Å²) < 4.78 is 1.94. The number of aryl methyl sites for hydroxylation is 3. The van der Waals surface area contributed by atoms with E-state index >= 15 is 0 Å². The zero-order chi connectivity index (χ0) is 13.1. The largest absolute Gasteiger partial charge is 0.320 e. The van der Waals surface area contributed by atoms with Gasteiger partial charge < -0.3 is 5.73 Å². The summed E-state index contributed by atoms with van der Waals surface area (Å²) >= 11 is 0. The molecule has 0 saturated carbocycles.